The van der Waals surface area contributed by atoms with E-state index in [1.807, 2.05) is 0 Å². The number of benzene rings is 1. The molecule has 1 aliphatic carbocycles. The quantitative estimate of drug-likeness (QED) is 0.454. The van der Waals surface area contributed by atoms with Gasteiger partial charge in [-0.05, 0) is 36.8 Å². The van der Waals surface area contributed by atoms with Crippen LogP contribution < -0.4 is 0 Å². The van der Waals surface area contributed by atoms with Gasteiger partial charge in [0, 0.05) is 12.3 Å². The van der Waals surface area contributed by atoms with Crippen molar-refractivity contribution in [3.05, 3.63) is 35.4 Å². The summed E-state index contributed by atoms with van der Waals surface area (Å²) in [5, 5.41) is 0. The van der Waals surface area contributed by atoms with Crippen molar-refractivity contribution in [2.45, 2.75) is 77.2 Å². The molecule has 1 aliphatic rings. The molecule has 0 unspecified atom stereocenters. The summed E-state index contributed by atoms with van der Waals surface area (Å²) in [4.78, 5) is 4.83. The monoisotopic (exact) mass is 271 g/mol. The van der Waals surface area contributed by atoms with Gasteiger partial charge in [0.2, 0.25) is 0 Å². The number of hydrogen-bond acceptors (Lipinski definition) is 1. The van der Waals surface area contributed by atoms with Crippen LogP contribution in [-0.4, -0.2) is 12.3 Å². The second-order valence-electron chi connectivity index (χ2n) is 6.08. The van der Waals surface area contributed by atoms with E-state index in [-0.39, 0.29) is 0 Å². The van der Waals surface area contributed by atoms with Gasteiger partial charge in [-0.3, -0.25) is 4.99 Å². The summed E-state index contributed by atoms with van der Waals surface area (Å²) in [7, 11) is 0. The smallest absolute Gasteiger partial charge is 0.0499 e. The van der Waals surface area contributed by atoms with E-state index in [1.165, 1.54) is 75.3 Å². The first kappa shape index (κ1) is 15.3. The Morgan fingerprint density at radius 3 is 2.65 bits per heavy atom. The lowest BCUT2D eigenvalue weighted by Gasteiger charge is -2.17. The molecule has 0 N–H and O–H groups in total. The van der Waals surface area contributed by atoms with Crippen molar-refractivity contribution in [3.8, 4) is 0 Å². The number of unbranched alkanes of at least 4 members (excludes halogenated alkanes) is 3. The lowest BCUT2D eigenvalue weighted by molar-refractivity contribution is 0.444. The van der Waals surface area contributed by atoms with E-state index in [4.69, 9.17) is 4.99 Å². The van der Waals surface area contributed by atoms with Crippen LogP contribution in [-0.2, 0) is 6.42 Å². The van der Waals surface area contributed by atoms with Crippen molar-refractivity contribution >= 4 is 6.21 Å². The fourth-order valence-corrected chi connectivity index (χ4v) is 3.05. The van der Waals surface area contributed by atoms with E-state index in [0.717, 1.165) is 0 Å². The maximum Gasteiger partial charge on any atom is 0.0499 e. The lowest BCUT2D eigenvalue weighted by Crippen LogP contribution is -2.09. The predicted octanol–water partition coefficient (Wildman–Crippen LogP) is 5.56. The molecule has 0 aliphatic heterocycles. The minimum Gasteiger partial charge on any atom is -0.289 e. The SMILES string of the molecule is CCCCCCc1ccccc1C=NC1CCCCC1. The molecule has 110 valence electrons. The van der Waals surface area contributed by atoms with E-state index >= 15 is 0 Å². The first-order valence-corrected chi connectivity index (χ1v) is 8.51. The molecule has 0 heterocycles. The average Bonchev–Trinajstić information content (AvgIpc) is 2.51. The molecular weight excluding hydrogens is 242 g/mol. The maximum atomic E-state index is 4.83. The molecular formula is C19H29N. The van der Waals surface area contributed by atoms with Crippen LogP contribution in [0.2, 0.25) is 0 Å². The number of aliphatic imine (C=N–C) groups is 1. The molecule has 1 heteroatoms. The zero-order chi connectivity index (χ0) is 14.0. The molecule has 1 nitrogen and oxygen atoms in total. The molecule has 1 fully saturated rings. The molecule has 0 radical (unpaired) electrons. The Morgan fingerprint density at radius 1 is 1.05 bits per heavy atom. The summed E-state index contributed by atoms with van der Waals surface area (Å²) in [5.41, 5.74) is 2.82. The largest absolute Gasteiger partial charge is 0.289 e. The summed E-state index contributed by atoms with van der Waals surface area (Å²) >= 11 is 0. The summed E-state index contributed by atoms with van der Waals surface area (Å²) in [5.74, 6) is 0. The van der Waals surface area contributed by atoms with Gasteiger partial charge in [-0.1, -0.05) is 69.7 Å². The minimum absolute atomic E-state index is 0.580. The van der Waals surface area contributed by atoms with Gasteiger partial charge in [-0.15, -0.1) is 0 Å². The molecule has 1 saturated carbocycles. The predicted molar refractivity (Wildman–Crippen MR) is 88.8 cm³/mol. The van der Waals surface area contributed by atoms with Gasteiger partial charge in [-0.25, -0.2) is 0 Å². The highest BCUT2D eigenvalue weighted by Gasteiger charge is 2.11. The van der Waals surface area contributed by atoms with E-state index in [9.17, 15) is 0 Å². The van der Waals surface area contributed by atoms with Gasteiger partial charge in [0.05, 0.1) is 0 Å². The van der Waals surface area contributed by atoms with Crippen LogP contribution in [0, 0.1) is 0 Å². The Bertz CT molecular complexity index is 402. The van der Waals surface area contributed by atoms with Crippen LogP contribution in [0.15, 0.2) is 29.3 Å². The van der Waals surface area contributed by atoms with E-state index in [0.29, 0.717) is 6.04 Å². The molecule has 0 bridgehead atoms. The van der Waals surface area contributed by atoms with Gasteiger partial charge in [-0.2, -0.15) is 0 Å². The molecule has 0 amide bonds. The summed E-state index contributed by atoms with van der Waals surface area (Å²) in [6.45, 7) is 2.27. The Morgan fingerprint density at radius 2 is 1.85 bits per heavy atom. The summed E-state index contributed by atoms with van der Waals surface area (Å²) < 4.78 is 0. The second kappa shape index (κ2) is 8.94. The van der Waals surface area contributed by atoms with Gasteiger partial charge in [0.1, 0.15) is 0 Å². The molecule has 0 aromatic heterocycles. The highest BCUT2D eigenvalue weighted by atomic mass is 14.8. The van der Waals surface area contributed by atoms with Crippen molar-refractivity contribution in [2.24, 2.45) is 4.99 Å². The molecule has 1 aromatic carbocycles. The fourth-order valence-electron chi connectivity index (χ4n) is 3.05. The zero-order valence-electron chi connectivity index (χ0n) is 13.0. The topological polar surface area (TPSA) is 12.4 Å². The van der Waals surface area contributed by atoms with Crippen LogP contribution in [0.25, 0.3) is 0 Å². The molecule has 0 atom stereocenters. The van der Waals surface area contributed by atoms with Crippen molar-refractivity contribution in [2.75, 3.05) is 0 Å². The van der Waals surface area contributed by atoms with E-state index < -0.39 is 0 Å². The van der Waals surface area contributed by atoms with Gasteiger partial charge in [0.15, 0.2) is 0 Å². The Hall–Kier alpha value is -1.11. The Kier molecular flexibility index (Phi) is 6.83. The van der Waals surface area contributed by atoms with Crippen molar-refractivity contribution in [1.29, 1.82) is 0 Å². The second-order valence-corrected chi connectivity index (χ2v) is 6.08. The fraction of sp³-hybridized carbons (Fsp3) is 0.632. The molecule has 0 saturated heterocycles. The van der Waals surface area contributed by atoms with Gasteiger partial charge < -0.3 is 0 Å². The number of aryl methyl sites for hydroxylation is 1. The van der Waals surface area contributed by atoms with Gasteiger partial charge >= 0.3 is 0 Å². The van der Waals surface area contributed by atoms with Crippen molar-refractivity contribution < 1.29 is 0 Å². The standard InChI is InChI=1S/C19H29N/c1-2-3-4-6-11-17-12-9-10-13-18(17)16-20-19-14-7-5-8-15-19/h9-10,12-13,16,19H,2-8,11,14-15H2,1H3. The summed E-state index contributed by atoms with van der Waals surface area (Å²) in [6.07, 6.45) is 15.4. The van der Waals surface area contributed by atoms with Crippen LogP contribution >= 0.6 is 0 Å². The van der Waals surface area contributed by atoms with Crippen LogP contribution in [0.1, 0.15) is 75.8 Å². The third-order valence-electron chi connectivity index (χ3n) is 4.35. The first-order chi connectivity index (χ1) is 9.90. The average molecular weight is 271 g/mol. The lowest BCUT2D eigenvalue weighted by atomic mass is 9.96. The third kappa shape index (κ3) is 5.11. The first-order valence-electron chi connectivity index (χ1n) is 8.51. The highest BCUT2D eigenvalue weighted by molar-refractivity contribution is 5.81. The Balaban J connectivity index is 1.90. The molecule has 2 rings (SSSR count). The van der Waals surface area contributed by atoms with Gasteiger partial charge in [0.25, 0.3) is 0 Å². The van der Waals surface area contributed by atoms with Crippen LogP contribution in [0.4, 0.5) is 0 Å². The molecule has 20 heavy (non-hydrogen) atoms. The van der Waals surface area contributed by atoms with Crippen molar-refractivity contribution in [3.63, 3.8) is 0 Å². The Labute approximate surface area is 124 Å². The summed E-state index contributed by atoms with van der Waals surface area (Å²) in [6, 6.07) is 9.37. The maximum absolute atomic E-state index is 4.83. The number of hydrogen-bond donors (Lipinski definition) is 0. The van der Waals surface area contributed by atoms with E-state index in [1.54, 1.807) is 0 Å². The normalized spacial score (nSPS) is 16.9. The number of nitrogens with zero attached hydrogens (tertiary/aromatic N) is 1. The third-order valence-corrected chi connectivity index (χ3v) is 4.35. The zero-order valence-corrected chi connectivity index (χ0v) is 13.0. The number of rotatable bonds is 7. The van der Waals surface area contributed by atoms with E-state index in [2.05, 4.69) is 37.4 Å². The van der Waals surface area contributed by atoms with Crippen LogP contribution in [0.3, 0.4) is 0 Å². The molecule has 1 aromatic rings. The minimum atomic E-state index is 0.580. The highest BCUT2D eigenvalue weighted by Crippen LogP contribution is 2.20. The van der Waals surface area contributed by atoms with Crippen LogP contribution in [0.5, 0.6) is 0 Å². The molecule has 0 spiro atoms. The van der Waals surface area contributed by atoms with Crippen molar-refractivity contribution in [1.82, 2.24) is 0 Å².